The van der Waals surface area contributed by atoms with E-state index in [0.29, 0.717) is 16.6 Å². The molecule has 0 bridgehead atoms. The first kappa shape index (κ1) is 18.0. The van der Waals surface area contributed by atoms with E-state index in [-0.39, 0.29) is 11.6 Å². The number of hydrogen-bond donors (Lipinski definition) is 1. The first-order chi connectivity index (χ1) is 10.1. The van der Waals surface area contributed by atoms with Crippen molar-refractivity contribution in [1.29, 1.82) is 0 Å². The predicted octanol–water partition coefficient (Wildman–Crippen LogP) is 4.01. The molecule has 1 aromatic rings. The number of hydrogen-bond acceptors (Lipinski definition) is 4. The molecule has 0 aliphatic heterocycles. The Kier molecular flexibility index (Phi) is 8.37. The molecule has 1 rings (SSSR count). The second-order valence-corrected chi connectivity index (χ2v) is 6.42. The van der Waals surface area contributed by atoms with E-state index in [2.05, 4.69) is 27.5 Å². The molecule has 0 aliphatic rings. The molecule has 0 aromatic heterocycles. The second kappa shape index (κ2) is 9.78. The number of benzene rings is 1. The van der Waals surface area contributed by atoms with Gasteiger partial charge in [0.15, 0.2) is 0 Å². The van der Waals surface area contributed by atoms with Gasteiger partial charge in [-0.05, 0) is 46.8 Å². The molecule has 0 fully saturated rings. The van der Waals surface area contributed by atoms with Crippen molar-refractivity contribution in [3.8, 4) is 0 Å². The van der Waals surface area contributed by atoms with Gasteiger partial charge in [-0.1, -0.05) is 12.8 Å². The summed E-state index contributed by atoms with van der Waals surface area (Å²) in [7, 11) is 0. The molecule has 0 atom stereocenters. The van der Waals surface area contributed by atoms with Crippen LogP contribution in [0, 0.1) is 10.1 Å². The number of amides is 1. The highest BCUT2D eigenvalue weighted by Gasteiger charge is 2.14. The van der Waals surface area contributed by atoms with Gasteiger partial charge in [-0.2, -0.15) is 11.8 Å². The van der Waals surface area contributed by atoms with E-state index in [9.17, 15) is 14.9 Å². The number of unbranched alkanes of at least 4 members (excludes halogenated alkanes) is 3. The molecular formula is C14H19BrN2O3S. The summed E-state index contributed by atoms with van der Waals surface area (Å²) in [6.07, 6.45) is 6.46. The van der Waals surface area contributed by atoms with Crippen molar-refractivity contribution in [3.05, 3.63) is 38.3 Å². The molecule has 7 heteroatoms. The summed E-state index contributed by atoms with van der Waals surface area (Å²) in [4.78, 5) is 22.2. The van der Waals surface area contributed by atoms with Gasteiger partial charge in [0.05, 0.1) is 10.5 Å². The number of thioether (sulfide) groups is 1. The zero-order chi connectivity index (χ0) is 15.7. The molecule has 1 amide bonds. The topological polar surface area (TPSA) is 72.2 Å². The fourth-order valence-corrected chi connectivity index (χ4v) is 2.74. The number of halogens is 1. The molecule has 0 heterocycles. The van der Waals surface area contributed by atoms with Crippen LogP contribution >= 0.6 is 27.7 Å². The van der Waals surface area contributed by atoms with Crippen molar-refractivity contribution in [2.75, 3.05) is 18.6 Å². The molecule has 116 valence electrons. The maximum absolute atomic E-state index is 12.0. The van der Waals surface area contributed by atoms with E-state index in [1.54, 1.807) is 0 Å². The molecule has 1 aromatic carbocycles. The van der Waals surface area contributed by atoms with Gasteiger partial charge in [-0.25, -0.2) is 0 Å². The number of nitro benzene ring substituents is 1. The Hall–Kier alpha value is -1.08. The normalized spacial score (nSPS) is 10.4. The molecule has 0 radical (unpaired) electrons. The predicted molar refractivity (Wildman–Crippen MR) is 90.0 cm³/mol. The molecule has 0 saturated heterocycles. The first-order valence-corrected chi connectivity index (χ1v) is 8.96. The summed E-state index contributed by atoms with van der Waals surface area (Å²) in [6, 6.07) is 4.18. The SMILES string of the molecule is CSCCCCCCNC(=O)c1cc([N+](=O)[O-])ccc1Br. The standard InChI is InChI=1S/C14H19BrN2O3S/c1-21-9-5-3-2-4-8-16-14(18)12-10-11(17(19)20)6-7-13(12)15/h6-7,10H,2-5,8-9H2,1H3,(H,16,18). The summed E-state index contributed by atoms with van der Waals surface area (Å²) in [6.45, 7) is 0.591. The third kappa shape index (κ3) is 6.48. The van der Waals surface area contributed by atoms with E-state index in [1.165, 1.54) is 30.4 Å². The van der Waals surface area contributed by atoms with Crippen LogP contribution in [0.25, 0.3) is 0 Å². The van der Waals surface area contributed by atoms with E-state index in [0.717, 1.165) is 19.3 Å². The van der Waals surface area contributed by atoms with Crippen LogP contribution in [0.15, 0.2) is 22.7 Å². The summed E-state index contributed by atoms with van der Waals surface area (Å²) < 4.78 is 0.561. The summed E-state index contributed by atoms with van der Waals surface area (Å²) >= 11 is 5.09. The smallest absolute Gasteiger partial charge is 0.270 e. The summed E-state index contributed by atoms with van der Waals surface area (Å²) in [5.41, 5.74) is 0.215. The third-order valence-electron chi connectivity index (χ3n) is 2.97. The lowest BCUT2D eigenvalue weighted by atomic mass is 10.1. The van der Waals surface area contributed by atoms with Gasteiger partial charge in [0.25, 0.3) is 11.6 Å². The second-order valence-electron chi connectivity index (χ2n) is 4.58. The number of carbonyl (C=O) groups excluding carboxylic acids is 1. The number of rotatable bonds is 9. The minimum Gasteiger partial charge on any atom is -0.352 e. The number of nitrogens with zero attached hydrogens (tertiary/aromatic N) is 1. The van der Waals surface area contributed by atoms with Gasteiger partial charge >= 0.3 is 0 Å². The quantitative estimate of drug-likeness (QED) is 0.402. The molecule has 0 aliphatic carbocycles. The van der Waals surface area contributed by atoms with Gasteiger partial charge in [-0.3, -0.25) is 14.9 Å². The van der Waals surface area contributed by atoms with Gasteiger partial charge in [0.2, 0.25) is 0 Å². The Labute approximate surface area is 137 Å². The maximum Gasteiger partial charge on any atom is 0.270 e. The monoisotopic (exact) mass is 374 g/mol. The first-order valence-electron chi connectivity index (χ1n) is 6.77. The average molecular weight is 375 g/mol. The lowest BCUT2D eigenvalue weighted by molar-refractivity contribution is -0.384. The largest absolute Gasteiger partial charge is 0.352 e. The van der Waals surface area contributed by atoms with Crippen LogP contribution in [0.5, 0.6) is 0 Å². The third-order valence-corrected chi connectivity index (χ3v) is 4.35. The molecule has 0 saturated carbocycles. The van der Waals surface area contributed by atoms with E-state index < -0.39 is 4.92 Å². The maximum atomic E-state index is 12.0. The van der Waals surface area contributed by atoms with E-state index in [4.69, 9.17) is 0 Å². The van der Waals surface area contributed by atoms with Crippen molar-refractivity contribution in [2.24, 2.45) is 0 Å². The molecule has 5 nitrogen and oxygen atoms in total. The van der Waals surface area contributed by atoms with Crippen LogP contribution < -0.4 is 5.32 Å². The molecule has 0 spiro atoms. The fourth-order valence-electron chi connectivity index (χ4n) is 1.82. The van der Waals surface area contributed by atoms with E-state index >= 15 is 0 Å². The van der Waals surface area contributed by atoms with Crippen molar-refractivity contribution in [1.82, 2.24) is 5.32 Å². The highest BCUT2D eigenvalue weighted by atomic mass is 79.9. The average Bonchev–Trinajstić information content (AvgIpc) is 2.46. The Morgan fingerprint density at radius 2 is 2.05 bits per heavy atom. The number of nitro groups is 1. The Morgan fingerprint density at radius 3 is 2.71 bits per heavy atom. The summed E-state index contributed by atoms with van der Waals surface area (Å²) in [5.74, 6) is 0.891. The Bertz CT molecular complexity index is 497. The van der Waals surface area contributed by atoms with Gasteiger partial charge < -0.3 is 5.32 Å². The van der Waals surface area contributed by atoms with Crippen LogP contribution in [0.3, 0.4) is 0 Å². The Morgan fingerprint density at radius 1 is 1.33 bits per heavy atom. The van der Waals surface area contributed by atoms with Crippen LogP contribution in [-0.4, -0.2) is 29.4 Å². The van der Waals surface area contributed by atoms with Gasteiger partial charge in [-0.15, -0.1) is 0 Å². The zero-order valence-electron chi connectivity index (χ0n) is 11.9. The van der Waals surface area contributed by atoms with Crippen molar-refractivity contribution in [3.63, 3.8) is 0 Å². The molecule has 0 unspecified atom stereocenters. The van der Waals surface area contributed by atoms with Crippen molar-refractivity contribution >= 4 is 39.3 Å². The minimum absolute atomic E-state index is 0.0829. The Balaban J connectivity index is 2.41. The number of nitrogens with one attached hydrogen (secondary N) is 1. The lowest BCUT2D eigenvalue weighted by Crippen LogP contribution is -2.24. The zero-order valence-corrected chi connectivity index (χ0v) is 14.3. The highest BCUT2D eigenvalue weighted by molar-refractivity contribution is 9.10. The highest BCUT2D eigenvalue weighted by Crippen LogP contribution is 2.22. The van der Waals surface area contributed by atoms with Crippen LogP contribution in [0.4, 0.5) is 5.69 Å². The molecule has 21 heavy (non-hydrogen) atoms. The number of non-ortho nitro benzene ring substituents is 1. The van der Waals surface area contributed by atoms with Crippen LogP contribution in [0.2, 0.25) is 0 Å². The van der Waals surface area contributed by atoms with Crippen molar-refractivity contribution < 1.29 is 9.72 Å². The minimum atomic E-state index is -0.505. The molecule has 1 N–H and O–H groups in total. The number of carbonyl (C=O) groups is 1. The van der Waals surface area contributed by atoms with Gasteiger partial charge in [0, 0.05) is 23.2 Å². The van der Waals surface area contributed by atoms with Crippen molar-refractivity contribution in [2.45, 2.75) is 25.7 Å². The van der Waals surface area contributed by atoms with Gasteiger partial charge in [0.1, 0.15) is 0 Å². The van der Waals surface area contributed by atoms with Crippen LogP contribution in [-0.2, 0) is 0 Å². The lowest BCUT2D eigenvalue weighted by Gasteiger charge is -2.07. The van der Waals surface area contributed by atoms with Crippen LogP contribution in [0.1, 0.15) is 36.0 Å². The fraction of sp³-hybridized carbons (Fsp3) is 0.500. The van der Waals surface area contributed by atoms with E-state index in [1.807, 2.05) is 11.8 Å². The molecular weight excluding hydrogens is 356 g/mol. The summed E-state index contributed by atoms with van der Waals surface area (Å²) in [5, 5.41) is 13.5.